The predicted molar refractivity (Wildman–Crippen MR) is 76.5 cm³/mol. The van der Waals surface area contributed by atoms with Crippen molar-refractivity contribution in [3.63, 3.8) is 0 Å². The average molecular weight is 269 g/mol. The van der Waals surface area contributed by atoms with E-state index in [1.807, 2.05) is 18.5 Å². The molecule has 0 unspecified atom stereocenters. The number of aryl methyl sites for hydroxylation is 1. The summed E-state index contributed by atoms with van der Waals surface area (Å²) in [6.45, 7) is 2.03. The van der Waals surface area contributed by atoms with Crippen molar-refractivity contribution in [2.75, 3.05) is 11.9 Å². The summed E-state index contributed by atoms with van der Waals surface area (Å²) in [6.07, 6.45) is 10.6. The number of anilines is 1. The minimum absolute atomic E-state index is 0.611. The van der Waals surface area contributed by atoms with Crippen LogP contribution in [0.2, 0.25) is 0 Å². The smallest absolute Gasteiger partial charge is 0.133 e. The Morgan fingerprint density at radius 2 is 2.15 bits per heavy atom. The SMILES string of the molecule is c1cc(NC[C@@H]2CCc3nccn3C2)nc(C2CC2)n1. The first-order valence-corrected chi connectivity index (χ1v) is 7.45. The highest BCUT2D eigenvalue weighted by atomic mass is 15.1. The van der Waals surface area contributed by atoms with Gasteiger partial charge in [-0.05, 0) is 31.2 Å². The van der Waals surface area contributed by atoms with Crippen LogP contribution in [0.3, 0.4) is 0 Å². The summed E-state index contributed by atoms with van der Waals surface area (Å²) in [5.41, 5.74) is 0. The van der Waals surface area contributed by atoms with Gasteiger partial charge in [-0.2, -0.15) is 0 Å². The van der Waals surface area contributed by atoms with E-state index in [0.29, 0.717) is 11.8 Å². The largest absolute Gasteiger partial charge is 0.370 e. The first kappa shape index (κ1) is 11.9. The van der Waals surface area contributed by atoms with E-state index in [9.17, 15) is 0 Å². The normalized spacial score (nSPS) is 21.5. The Balaban J connectivity index is 1.37. The molecule has 0 radical (unpaired) electrons. The van der Waals surface area contributed by atoms with E-state index >= 15 is 0 Å². The van der Waals surface area contributed by atoms with E-state index < -0.39 is 0 Å². The van der Waals surface area contributed by atoms with Gasteiger partial charge in [-0.25, -0.2) is 15.0 Å². The van der Waals surface area contributed by atoms with Crippen LogP contribution < -0.4 is 5.32 Å². The molecular weight excluding hydrogens is 250 g/mol. The van der Waals surface area contributed by atoms with E-state index in [1.54, 1.807) is 0 Å². The maximum atomic E-state index is 4.61. The number of nitrogens with zero attached hydrogens (tertiary/aromatic N) is 4. The van der Waals surface area contributed by atoms with Gasteiger partial charge >= 0.3 is 0 Å². The molecule has 5 nitrogen and oxygen atoms in total. The van der Waals surface area contributed by atoms with Crippen molar-refractivity contribution < 1.29 is 0 Å². The fraction of sp³-hybridized carbons (Fsp3) is 0.533. The monoisotopic (exact) mass is 269 g/mol. The van der Waals surface area contributed by atoms with Gasteiger partial charge in [-0.15, -0.1) is 0 Å². The van der Waals surface area contributed by atoms with E-state index in [-0.39, 0.29) is 0 Å². The van der Waals surface area contributed by atoms with Gasteiger partial charge in [0.2, 0.25) is 0 Å². The van der Waals surface area contributed by atoms with Gasteiger partial charge in [0.1, 0.15) is 17.5 Å². The van der Waals surface area contributed by atoms with Crippen LogP contribution in [0.1, 0.15) is 36.8 Å². The molecule has 2 aromatic heterocycles. The zero-order valence-corrected chi connectivity index (χ0v) is 11.5. The van der Waals surface area contributed by atoms with Crippen LogP contribution in [0.5, 0.6) is 0 Å². The lowest BCUT2D eigenvalue weighted by atomic mass is 9.99. The first-order chi connectivity index (χ1) is 9.88. The molecule has 1 fully saturated rings. The summed E-state index contributed by atoms with van der Waals surface area (Å²) in [6, 6.07) is 1.97. The van der Waals surface area contributed by atoms with Crippen LogP contribution in [0, 0.1) is 5.92 Å². The van der Waals surface area contributed by atoms with Crippen molar-refractivity contribution in [2.24, 2.45) is 5.92 Å². The highest BCUT2D eigenvalue weighted by Gasteiger charge is 2.26. The lowest BCUT2D eigenvalue weighted by Gasteiger charge is -2.24. The van der Waals surface area contributed by atoms with Crippen LogP contribution in [-0.2, 0) is 13.0 Å². The van der Waals surface area contributed by atoms with Crippen molar-refractivity contribution in [3.05, 3.63) is 36.3 Å². The van der Waals surface area contributed by atoms with Gasteiger partial charge in [0.25, 0.3) is 0 Å². The Morgan fingerprint density at radius 3 is 3.05 bits per heavy atom. The molecule has 0 bridgehead atoms. The van der Waals surface area contributed by atoms with Crippen molar-refractivity contribution >= 4 is 5.82 Å². The van der Waals surface area contributed by atoms with E-state index in [0.717, 1.165) is 31.2 Å². The molecule has 1 aliphatic carbocycles. The average Bonchev–Trinajstić information content (AvgIpc) is 3.24. The van der Waals surface area contributed by atoms with Crippen molar-refractivity contribution in [1.82, 2.24) is 19.5 Å². The summed E-state index contributed by atoms with van der Waals surface area (Å²) in [4.78, 5) is 13.3. The number of nitrogens with one attached hydrogen (secondary N) is 1. The molecule has 1 atom stereocenters. The van der Waals surface area contributed by atoms with Gasteiger partial charge in [0.15, 0.2) is 0 Å². The van der Waals surface area contributed by atoms with Crippen LogP contribution in [0.4, 0.5) is 5.82 Å². The minimum Gasteiger partial charge on any atom is -0.370 e. The molecule has 104 valence electrons. The number of imidazole rings is 1. The molecule has 1 saturated carbocycles. The fourth-order valence-corrected chi connectivity index (χ4v) is 2.86. The molecule has 2 aromatic rings. The zero-order valence-electron chi connectivity index (χ0n) is 11.5. The number of hydrogen-bond donors (Lipinski definition) is 1. The number of hydrogen-bond acceptors (Lipinski definition) is 4. The van der Waals surface area contributed by atoms with E-state index in [1.165, 1.54) is 25.1 Å². The van der Waals surface area contributed by atoms with Gasteiger partial charge in [0.05, 0.1) is 0 Å². The zero-order chi connectivity index (χ0) is 13.4. The third-order valence-corrected chi connectivity index (χ3v) is 4.22. The topological polar surface area (TPSA) is 55.6 Å². The molecule has 4 rings (SSSR count). The highest BCUT2D eigenvalue weighted by molar-refractivity contribution is 5.34. The summed E-state index contributed by atoms with van der Waals surface area (Å²) >= 11 is 0. The van der Waals surface area contributed by atoms with E-state index in [4.69, 9.17) is 0 Å². The molecule has 0 saturated heterocycles. The molecule has 20 heavy (non-hydrogen) atoms. The van der Waals surface area contributed by atoms with Gasteiger partial charge in [-0.1, -0.05) is 0 Å². The molecule has 0 spiro atoms. The van der Waals surface area contributed by atoms with Crippen molar-refractivity contribution in [1.29, 1.82) is 0 Å². The Labute approximate surface area is 118 Å². The number of rotatable bonds is 4. The van der Waals surface area contributed by atoms with Crippen LogP contribution in [-0.4, -0.2) is 26.1 Å². The molecule has 1 N–H and O–H groups in total. The third-order valence-electron chi connectivity index (χ3n) is 4.22. The molecule has 5 heteroatoms. The Kier molecular flexibility index (Phi) is 2.90. The molecule has 0 aromatic carbocycles. The number of aromatic nitrogens is 4. The maximum absolute atomic E-state index is 4.61. The quantitative estimate of drug-likeness (QED) is 0.924. The maximum Gasteiger partial charge on any atom is 0.133 e. The van der Waals surface area contributed by atoms with Gasteiger partial charge < -0.3 is 9.88 Å². The van der Waals surface area contributed by atoms with Crippen LogP contribution in [0.15, 0.2) is 24.7 Å². The minimum atomic E-state index is 0.611. The summed E-state index contributed by atoms with van der Waals surface area (Å²) in [5, 5.41) is 3.48. The Morgan fingerprint density at radius 1 is 1.20 bits per heavy atom. The molecule has 0 amide bonds. The van der Waals surface area contributed by atoms with Crippen LogP contribution >= 0.6 is 0 Å². The summed E-state index contributed by atoms with van der Waals surface area (Å²) < 4.78 is 2.27. The van der Waals surface area contributed by atoms with Gasteiger partial charge in [0, 0.05) is 44.0 Å². The van der Waals surface area contributed by atoms with Crippen molar-refractivity contribution in [2.45, 2.75) is 38.1 Å². The second-order valence-corrected chi connectivity index (χ2v) is 5.86. The second-order valence-electron chi connectivity index (χ2n) is 5.86. The second kappa shape index (κ2) is 4.89. The lowest BCUT2D eigenvalue weighted by molar-refractivity contribution is 0.381. The predicted octanol–water partition coefficient (Wildman–Crippen LogP) is 2.22. The highest BCUT2D eigenvalue weighted by Crippen LogP contribution is 2.38. The molecule has 2 aliphatic rings. The third kappa shape index (κ3) is 2.40. The first-order valence-electron chi connectivity index (χ1n) is 7.45. The number of fused-ring (bicyclic) bond motifs is 1. The molecule has 3 heterocycles. The Hall–Kier alpha value is -1.91. The van der Waals surface area contributed by atoms with Crippen LogP contribution in [0.25, 0.3) is 0 Å². The van der Waals surface area contributed by atoms with Crippen molar-refractivity contribution in [3.8, 4) is 0 Å². The Bertz CT molecular complexity index is 602. The van der Waals surface area contributed by atoms with Gasteiger partial charge in [-0.3, -0.25) is 0 Å². The summed E-state index contributed by atoms with van der Waals surface area (Å²) in [5.74, 6) is 4.46. The lowest BCUT2D eigenvalue weighted by Crippen LogP contribution is -2.26. The fourth-order valence-electron chi connectivity index (χ4n) is 2.86. The molecular formula is C15H19N5. The van der Waals surface area contributed by atoms with E-state index in [2.05, 4.69) is 31.0 Å². The standard InChI is InChI=1S/C15H19N5/c1-4-14-16-7-8-20(14)10-11(1)9-18-13-5-6-17-15(19-13)12-2-3-12/h5-8,11-12H,1-4,9-10H2,(H,17,18,19)/t11-/m0/s1. The summed E-state index contributed by atoms with van der Waals surface area (Å²) in [7, 11) is 0. The molecule has 1 aliphatic heterocycles.